The molecule has 0 bridgehead atoms. The van der Waals surface area contributed by atoms with Gasteiger partial charge < -0.3 is 9.64 Å². The number of fused-ring (bicyclic) bond motifs is 1. The van der Waals surface area contributed by atoms with Gasteiger partial charge in [-0.3, -0.25) is 9.69 Å². The number of aromatic nitrogens is 2. The van der Waals surface area contributed by atoms with Crippen LogP contribution in [0.2, 0.25) is 0 Å². The standard InChI is InChI=1S/C21H26N4O2/c1-3-19(26)18-13-22-21(23-14-18)25-9-7-24(8-10-25)15(2)17-5-4-16-6-11-27-20(16)12-17/h4-5,12-15H,3,6-11H2,1-2H3. The fourth-order valence-electron chi connectivity index (χ4n) is 3.80. The normalized spacial score (nSPS) is 18.1. The Kier molecular flexibility index (Phi) is 5.07. The first kappa shape index (κ1) is 17.9. The van der Waals surface area contributed by atoms with Crippen molar-refractivity contribution in [3.63, 3.8) is 0 Å². The van der Waals surface area contributed by atoms with Crippen molar-refractivity contribution in [2.45, 2.75) is 32.7 Å². The zero-order valence-corrected chi connectivity index (χ0v) is 16.0. The Hall–Kier alpha value is -2.47. The summed E-state index contributed by atoms with van der Waals surface area (Å²) in [6.45, 7) is 8.59. The average Bonchev–Trinajstić information content (AvgIpc) is 3.21. The number of piperazine rings is 1. The summed E-state index contributed by atoms with van der Waals surface area (Å²) in [7, 11) is 0. The van der Waals surface area contributed by atoms with E-state index in [2.05, 4.69) is 44.9 Å². The van der Waals surface area contributed by atoms with E-state index in [0.29, 0.717) is 24.0 Å². The first-order valence-electron chi connectivity index (χ1n) is 9.75. The van der Waals surface area contributed by atoms with Crippen molar-refractivity contribution in [2.75, 3.05) is 37.7 Å². The van der Waals surface area contributed by atoms with Gasteiger partial charge in [-0.15, -0.1) is 0 Å². The quantitative estimate of drug-likeness (QED) is 0.759. The Morgan fingerprint density at radius 2 is 1.93 bits per heavy atom. The highest BCUT2D eigenvalue weighted by atomic mass is 16.5. The Bertz CT molecular complexity index is 813. The number of Topliss-reactive ketones (excluding diaryl/α,β-unsaturated/α-hetero) is 1. The molecule has 2 aliphatic heterocycles. The number of anilines is 1. The van der Waals surface area contributed by atoms with Crippen LogP contribution in [0.5, 0.6) is 5.75 Å². The first-order valence-corrected chi connectivity index (χ1v) is 9.75. The van der Waals surface area contributed by atoms with Crippen molar-refractivity contribution in [3.05, 3.63) is 47.3 Å². The molecule has 3 heterocycles. The molecule has 0 spiro atoms. The Balaban J connectivity index is 1.37. The second-order valence-electron chi connectivity index (χ2n) is 7.21. The molecule has 4 rings (SSSR count). The maximum Gasteiger partial charge on any atom is 0.225 e. The van der Waals surface area contributed by atoms with E-state index in [1.807, 2.05) is 6.92 Å². The van der Waals surface area contributed by atoms with E-state index in [-0.39, 0.29) is 5.78 Å². The van der Waals surface area contributed by atoms with Crippen LogP contribution in [-0.4, -0.2) is 53.4 Å². The molecular weight excluding hydrogens is 340 g/mol. The lowest BCUT2D eigenvalue weighted by Crippen LogP contribution is -2.47. The lowest BCUT2D eigenvalue weighted by Gasteiger charge is -2.38. The summed E-state index contributed by atoms with van der Waals surface area (Å²) in [5, 5.41) is 0. The number of carbonyl (C=O) groups is 1. The second kappa shape index (κ2) is 7.64. The van der Waals surface area contributed by atoms with Gasteiger partial charge in [-0.1, -0.05) is 19.1 Å². The molecule has 6 nitrogen and oxygen atoms in total. The summed E-state index contributed by atoms with van der Waals surface area (Å²) in [5.41, 5.74) is 3.22. The molecule has 0 radical (unpaired) electrons. The molecule has 1 unspecified atom stereocenters. The van der Waals surface area contributed by atoms with Gasteiger partial charge in [0.15, 0.2) is 5.78 Å². The number of nitrogens with zero attached hydrogens (tertiary/aromatic N) is 4. The molecule has 27 heavy (non-hydrogen) atoms. The van der Waals surface area contributed by atoms with E-state index in [4.69, 9.17) is 4.74 Å². The summed E-state index contributed by atoms with van der Waals surface area (Å²) in [6.07, 6.45) is 4.79. The monoisotopic (exact) mass is 366 g/mol. The van der Waals surface area contributed by atoms with Crippen LogP contribution in [0.25, 0.3) is 0 Å². The third-order valence-electron chi connectivity index (χ3n) is 5.63. The van der Waals surface area contributed by atoms with Gasteiger partial charge in [-0.2, -0.15) is 0 Å². The summed E-state index contributed by atoms with van der Waals surface area (Å²) < 4.78 is 5.72. The van der Waals surface area contributed by atoms with Gasteiger partial charge in [-0.25, -0.2) is 9.97 Å². The van der Waals surface area contributed by atoms with Crippen LogP contribution in [-0.2, 0) is 6.42 Å². The average molecular weight is 366 g/mol. The zero-order chi connectivity index (χ0) is 18.8. The minimum atomic E-state index is 0.0820. The number of ether oxygens (including phenoxy) is 1. The molecule has 1 aromatic heterocycles. The van der Waals surface area contributed by atoms with Gasteiger partial charge in [0, 0.05) is 57.5 Å². The van der Waals surface area contributed by atoms with Gasteiger partial charge in [0.05, 0.1) is 12.2 Å². The molecule has 0 N–H and O–H groups in total. The van der Waals surface area contributed by atoms with Crippen LogP contribution < -0.4 is 9.64 Å². The van der Waals surface area contributed by atoms with Crippen LogP contribution in [0.4, 0.5) is 5.95 Å². The number of rotatable bonds is 5. The highest BCUT2D eigenvalue weighted by Crippen LogP contribution is 2.31. The lowest BCUT2D eigenvalue weighted by atomic mass is 10.0. The van der Waals surface area contributed by atoms with Crippen molar-refractivity contribution in [2.24, 2.45) is 0 Å². The minimum absolute atomic E-state index is 0.0820. The van der Waals surface area contributed by atoms with Gasteiger partial charge >= 0.3 is 0 Å². The smallest absolute Gasteiger partial charge is 0.225 e. The predicted octanol–water partition coefficient (Wildman–Crippen LogP) is 2.89. The highest BCUT2D eigenvalue weighted by molar-refractivity contribution is 5.95. The fourth-order valence-corrected chi connectivity index (χ4v) is 3.80. The predicted molar refractivity (Wildman–Crippen MR) is 104 cm³/mol. The first-order chi connectivity index (χ1) is 13.2. The van der Waals surface area contributed by atoms with Gasteiger partial charge in [0.25, 0.3) is 0 Å². The van der Waals surface area contributed by atoms with E-state index >= 15 is 0 Å². The van der Waals surface area contributed by atoms with Crippen molar-refractivity contribution >= 4 is 11.7 Å². The van der Waals surface area contributed by atoms with Crippen molar-refractivity contribution in [1.29, 1.82) is 0 Å². The van der Waals surface area contributed by atoms with Crippen LogP contribution in [0.3, 0.4) is 0 Å². The maximum atomic E-state index is 11.7. The van der Waals surface area contributed by atoms with Gasteiger partial charge in [0.2, 0.25) is 5.95 Å². The molecule has 1 aromatic carbocycles. The van der Waals surface area contributed by atoms with E-state index < -0.39 is 0 Å². The van der Waals surface area contributed by atoms with Gasteiger partial charge in [0.1, 0.15) is 5.75 Å². The van der Waals surface area contributed by atoms with Crippen LogP contribution in [0.1, 0.15) is 47.8 Å². The van der Waals surface area contributed by atoms with Crippen LogP contribution in [0, 0.1) is 0 Å². The van der Waals surface area contributed by atoms with Gasteiger partial charge in [-0.05, 0) is 24.1 Å². The molecule has 1 fully saturated rings. The topological polar surface area (TPSA) is 58.6 Å². The van der Waals surface area contributed by atoms with E-state index in [0.717, 1.165) is 45.0 Å². The summed E-state index contributed by atoms with van der Waals surface area (Å²) in [4.78, 5) is 25.2. The number of ketones is 1. The third-order valence-corrected chi connectivity index (χ3v) is 5.63. The highest BCUT2D eigenvalue weighted by Gasteiger charge is 2.24. The molecule has 142 valence electrons. The third kappa shape index (κ3) is 3.67. The number of hydrogen-bond acceptors (Lipinski definition) is 6. The summed E-state index contributed by atoms with van der Waals surface area (Å²) in [6, 6.07) is 6.99. The Morgan fingerprint density at radius 1 is 1.19 bits per heavy atom. The summed E-state index contributed by atoms with van der Waals surface area (Å²) in [5.74, 6) is 1.84. The number of benzene rings is 1. The van der Waals surface area contributed by atoms with E-state index in [9.17, 15) is 4.79 Å². The number of carbonyl (C=O) groups excluding carboxylic acids is 1. The maximum absolute atomic E-state index is 11.7. The molecule has 0 saturated carbocycles. The molecule has 0 amide bonds. The summed E-state index contributed by atoms with van der Waals surface area (Å²) >= 11 is 0. The molecule has 2 aromatic rings. The molecule has 0 aliphatic carbocycles. The van der Waals surface area contributed by atoms with Crippen LogP contribution in [0.15, 0.2) is 30.6 Å². The molecule has 2 aliphatic rings. The number of hydrogen-bond donors (Lipinski definition) is 0. The molecule has 1 saturated heterocycles. The second-order valence-corrected chi connectivity index (χ2v) is 7.21. The Labute approximate surface area is 160 Å². The van der Waals surface area contributed by atoms with E-state index in [1.165, 1.54) is 11.1 Å². The van der Waals surface area contributed by atoms with Crippen molar-refractivity contribution < 1.29 is 9.53 Å². The minimum Gasteiger partial charge on any atom is -0.493 e. The van der Waals surface area contributed by atoms with Crippen LogP contribution >= 0.6 is 0 Å². The fraction of sp³-hybridized carbons (Fsp3) is 0.476. The Morgan fingerprint density at radius 3 is 2.63 bits per heavy atom. The molecule has 6 heteroatoms. The van der Waals surface area contributed by atoms with E-state index in [1.54, 1.807) is 12.4 Å². The molecular formula is C21H26N4O2. The SMILES string of the molecule is CCC(=O)c1cnc(N2CCN(C(C)c3ccc4c(c3)OCC4)CC2)nc1. The van der Waals surface area contributed by atoms with Crippen molar-refractivity contribution in [1.82, 2.24) is 14.9 Å². The van der Waals surface area contributed by atoms with Crippen molar-refractivity contribution in [3.8, 4) is 5.75 Å². The lowest BCUT2D eigenvalue weighted by molar-refractivity contribution is 0.0987. The zero-order valence-electron chi connectivity index (χ0n) is 16.0. The molecule has 1 atom stereocenters. The largest absolute Gasteiger partial charge is 0.493 e.